The minimum absolute atomic E-state index is 0.186. The van der Waals surface area contributed by atoms with E-state index in [0.717, 1.165) is 0 Å². The van der Waals surface area contributed by atoms with Crippen LogP contribution < -0.4 is 0 Å². The summed E-state index contributed by atoms with van der Waals surface area (Å²) in [6.45, 7) is 16.0. The molecule has 0 aromatic carbocycles. The Hall–Kier alpha value is -3.18. The Labute approximate surface area is 269 Å². The summed E-state index contributed by atoms with van der Waals surface area (Å²) in [4.78, 5) is 86.0. The van der Waals surface area contributed by atoms with Crippen molar-refractivity contribution in [2.75, 3.05) is 21.1 Å². The van der Waals surface area contributed by atoms with E-state index in [0.29, 0.717) is 19.3 Å². The SMILES string of the molecule is CCCC1OC(=O)C(C(C)C)N(C)C(=O)C(CCC)OC(=O)C(C(C)C)N(C)C(=O)C(CCC)OC(=O)C(C(C)C)N(C)C1=O. The number of carbonyl (C=O) groups is 6. The number of amides is 3. The highest BCUT2D eigenvalue weighted by Gasteiger charge is 2.43. The second-order valence-electron chi connectivity index (χ2n) is 13.1. The first-order valence-electron chi connectivity index (χ1n) is 16.4. The van der Waals surface area contributed by atoms with E-state index in [2.05, 4.69) is 0 Å². The van der Waals surface area contributed by atoms with Gasteiger partial charge in [0, 0.05) is 21.1 Å². The zero-order valence-corrected chi connectivity index (χ0v) is 29.5. The van der Waals surface area contributed by atoms with Crippen LogP contribution >= 0.6 is 0 Å². The topological polar surface area (TPSA) is 140 Å². The molecule has 1 saturated heterocycles. The zero-order valence-electron chi connectivity index (χ0n) is 29.5. The maximum atomic E-state index is 13.8. The highest BCUT2D eigenvalue weighted by atomic mass is 16.6. The molecule has 0 bridgehead atoms. The molecule has 1 fully saturated rings. The predicted octanol–water partition coefficient (Wildman–Crippen LogP) is 3.58. The Morgan fingerprint density at radius 2 is 0.667 bits per heavy atom. The number of esters is 3. The number of cyclic esters (lactones) is 3. The van der Waals surface area contributed by atoms with Crippen molar-refractivity contribution in [2.45, 2.75) is 137 Å². The Balaban J connectivity index is 3.86. The molecule has 0 aromatic heterocycles. The van der Waals surface area contributed by atoms with Gasteiger partial charge in [0.2, 0.25) is 0 Å². The van der Waals surface area contributed by atoms with Crippen LogP contribution in [0.4, 0.5) is 0 Å². The molecule has 1 heterocycles. The Morgan fingerprint density at radius 3 is 0.822 bits per heavy atom. The molecule has 45 heavy (non-hydrogen) atoms. The van der Waals surface area contributed by atoms with Gasteiger partial charge in [-0.1, -0.05) is 81.6 Å². The lowest BCUT2D eigenvalue weighted by Crippen LogP contribution is -2.56. The molecule has 0 aliphatic carbocycles. The Kier molecular flexibility index (Phi) is 16.0. The molecule has 0 aromatic rings. The third kappa shape index (κ3) is 10.2. The third-order valence-corrected chi connectivity index (χ3v) is 8.17. The number of nitrogens with zero attached hydrogens (tertiary/aromatic N) is 3. The second-order valence-corrected chi connectivity index (χ2v) is 13.1. The molecule has 258 valence electrons. The van der Waals surface area contributed by atoms with Gasteiger partial charge in [-0.3, -0.25) is 14.4 Å². The molecule has 0 spiro atoms. The van der Waals surface area contributed by atoms with Gasteiger partial charge in [-0.25, -0.2) is 14.4 Å². The highest BCUT2D eigenvalue weighted by Crippen LogP contribution is 2.23. The molecule has 0 saturated carbocycles. The fourth-order valence-corrected chi connectivity index (χ4v) is 5.84. The molecule has 0 N–H and O–H groups in total. The minimum Gasteiger partial charge on any atom is -0.451 e. The summed E-state index contributed by atoms with van der Waals surface area (Å²) in [5.74, 6) is -5.34. The summed E-state index contributed by atoms with van der Waals surface area (Å²) >= 11 is 0. The molecule has 6 atom stereocenters. The van der Waals surface area contributed by atoms with Crippen molar-refractivity contribution < 1.29 is 43.0 Å². The van der Waals surface area contributed by atoms with E-state index in [-0.39, 0.29) is 19.3 Å². The lowest BCUT2D eigenvalue weighted by molar-refractivity contribution is -0.179. The van der Waals surface area contributed by atoms with Crippen molar-refractivity contribution in [1.82, 2.24) is 14.7 Å². The van der Waals surface area contributed by atoms with Crippen LogP contribution in [0, 0.1) is 17.8 Å². The van der Waals surface area contributed by atoms with Gasteiger partial charge in [0.25, 0.3) is 17.7 Å². The highest BCUT2D eigenvalue weighted by molar-refractivity contribution is 5.93. The van der Waals surface area contributed by atoms with Gasteiger partial charge in [-0.05, 0) is 37.0 Å². The maximum Gasteiger partial charge on any atom is 0.329 e. The molecule has 6 unspecified atom stereocenters. The molecule has 12 heteroatoms. The van der Waals surface area contributed by atoms with E-state index < -0.39 is 89.8 Å². The van der Waals surface area contributed by atoms with Crippen LogP contribution in [0.15, 0.2) is 0 Å². The van der Waals surface area contributed by atoms with Gasteiger partial charge in [0.15, 0.2) is 18.3 Å². The quantitative estimate of drug-likeness (QED) is 0.274. The summed E-state index contributed by atoms with van der Waals surface area (Å²) in [7, 11) is 4.34. The van der Waals surface area contributed by atoms with Crippen LogP contribution in [-0.4, -0.2) is 108 Å². The molecule has 12 nitrogen and oxygen atoms in total. The first kappa shape index (κ1) is 39.8. The van der Waals surface area contributed by atoms with E-state index in [1.807, 2.05) is 20.8 Å². The molecule has 3 amide bonds. The van der Waals surface area contributed by atoms with Crippen LogP contribution in [0.25, 0.3) is 0 Å². The summed E-state index contributed by atoms with van der Waals surface area (Å²) in [6, 6.07) is -3.26. The molecular formula is C33H57N3O9. The molecular weight excluding hydrogens is 582 g/mol. The number of hydrogen-bond donors (Lipinski definition) is 0. The van der Waals surface area contributed by atoms with Crippen molar-refractivity contribution in [1.29, 1.82) is 0 Å². The zero-order chi connectivity index (χ0) is 34.8. The Morgan fingerprint density at radius 1 is 0.467 bits per heavy atom. The monoisotopic (exact) mass is 639 g/mol. The first-order valence-corrected chi connectivity index (χ1v) is 16.4. The van der Waals surface area contributed by atoms with Crippen LogP contribution in [0.1, 0.15) is 101 Å². The smallest absolute Gasteiger partial charge is 0.329 e. The first-order chi connectivity index (χ1) is 21.0. The predicted molar refractivity (Wildman–Crippen MR) is 169 cm³/mol. The normalized spacial score (nSPS) is 27.1. The van der Waals surface area contributed by atoms with Gasteiger partial charge >= 0.3 is 17.9 Å². The third-order valence-electron chi connectivity index (χ3n) is 8.17. The van der Waals surface area contributed by atoms with Gasteiger partial charge in [-0.2, -0.15) is 0 Å². The van der Waals surface area contributed by atoms with Crippen molar-refractivity contribution in [3.63, 3.8) is 0 Å². The molecule has 1 rings (SSSR count). The number of ether oxygens (including phenoxy) is 3. The summed E-state index contributed by atoms with van der Waals surface area (Å²) in [6.07, 6.45) is -1.61. The average Bonchev–Trinajstić information content (AvgIpc) is 2.94. The van der Waals surface area contributed by atoms with Crippen molar-refractivity contribution in [3.8, 4) is 0 Å². The maximum absolute atomic E-state index is 13.8. The fraction of sp³-hybridized carbons (Fsp3) is 0.818. The van der Waals surface area contributed by atoms with Gasteiger partial charge < -0.3 is 28.9 Å². The fourth-order valence-electron chi connectivity index (χ4n) is 5.84. The number of carbonyl (C=O) groups excluding carboxylic acids is 6. The minimum atomic E-state index is -1.22. The van der Waals surface area contributed by atoms with Crippen LogP contribution in [-0.2, 0) is 43.0 Å². The summed E-state index contributed by atoms with van der Waals surface area (Å²) in [5.41, 5.74) is 0. The van der Waals surface area contributed by atoms with E-state index in [9.17, 15) is 28.8 Å². The average molecular weight is 640 g/mol. The second kappa shape index (κ2) is 18.1. The van der Waals surface area contributed by atoms with E-state index in [4.69, 9.17) is 14.2 Å². The van der Waals surface area contributed by atoms with Gasteiger partial charge in [0.05, 0.1) is 0 Å². The van der Waals surface area contributed by atoms with Gasteiger partial charge in [0.1, 0.15) is 18.1 Å². The lowest BCUT2D eigenvalue weighted by atomic mass is 10.00. The lowest BCUT2D eigenvalue weighted by Gasteiger charge is -2.37. The molecule has 0 radical (unpaired) electrons. The number of hydrogen-bond acceptors (Lipinski definition) is 9. The summed E-state index contributed by atoms with van der Waals surface area (Å²) in [5, 5.41) is 0. The van der Waals surface area contributed by atoms with E-state index in [1.165, 1.54) is 35.8 Å². The Bertz CT molecular complexity index is 916. The van der Waals surface area contributed by atoms with Crippen LogP contribution in [0.2, 0.25) is 0 Å². The van der Waals surface area contributed by atoms with Crippen LogP contribution in [0.3, 0.4) is 0 Å². The number of likely N-dealkylation sites (N-methyl/N-ethyl adjacent to an activating group) is 3. The molecule has 1 aliphatic rings. The van der Waals surface area contributed by atoms with E-state index in [1.54, 1.807) is 41.5 Å². The van der Waals surface area contributed by atoms with Crippen molar-refractivity contribution in [2.24, 2.45) is 17.8 Å². The largest absolute Gasteiger partial charge is 0.451 e. The number of rotatable bonds is 9. The standard InChI is InChI=1S/C33H57N3O9/c1-13-16-22-28(37)34(10)26(20(6)7)32(41)44-24(18-15-3)30(39)36(12)27(21(8)9)33(42)45-23(17-14-2)29(38)35(11)25(19(4)5)31(40)43-22/h19-27H,13-18H2,1-12H3. The van der Waals surface area contributed by atoms with E-state index >= 15 is 0 Å². The molecule has 1 aliphatic heterocycles. The van der Waals surface area contributed by atoms with Gasteiger partial charge in [-0.15, -0.1) is 0 Å². The van der Waals surface area contributed by atoms with Crippen molar-refractivity contribution >= 4 is 35.6 Å². The van der Waals surface area contributed by atoms with Crippen LogP contribution in [0.5, 0.6) is 0 Å². The van der Waals surface area contributed by atoms with Crippen molar-refractivity contribution in [3.05, 3.63) is 0 Å². The summed E-state index contributed by atoms with van der Waals surface area (Å²) < 4.78 is 17.4.